The summed E-state index contributed by atoms with van der Waals surface area (Å²) in [6.07, 6.45) is 1.72. The molecular formula is C25H25FN2O4S. The van der Waals surface area contributed by atoms with E-state index in [9.17, 15) is 17.6 Å². The van der Waals surface area contributed by atoms with Crippen LogP contribution < -0.4 is 4.72 Å². The van der Waals surface area contributed by atoms with Gasteiger partial charge in [-0.15, -0.1) is 0 Å². The first kappa shape index (κ1) is 22.9. The van der Waals surface area contributed by atoms with Gasteiger partial charge in [0, 0.05) is 30.9 Å². The minimum absolute atomic E-state index is 0.0544. The molecule has 172 valence electrons. The van der Waals surface area contributed by atoms with Crippen molar-refractivity contribution in [2.75, 3.05) is 17.9 Å². The Bertz CT molecular complexity index is 1190. The summed E-state index contributed by atoms with van der Waals surface area (Å²) in [6, 6.07) is 20.5. The molecule has 0 bridgehead atoms. The largest absolute Gasteiger partial charge is 0.376 e. The number of benzene rings is 3. The molecule has 1 fully saturated rings. The zero-order valence-corrected chi connectivity index (χ0v) is 18.8. The number of carbonyl (C=O) groups is 1. The molecule has 0 radical (unpaired) electrons. The van der Waals surface area contributed by atoms with Crippen LogP contribution in [0.1, 0.15) is 28.8 Å². The molecule has 3 aromatic carbocycles. The summed E-state index contributed by atoms with van der Waals surface area (Å²) < 4.78 is 47.2. The van der Waals surface area contributed by atoms with Crippen molar-refractivity contribution >= 4 is 21.6 Å². The van der Waals surface area contributed by atoms with Crippen molar-refractivity contribution in [2.24, 2.45) is 0 Å². The maximum absolute atomic E-state index is 13.7. The first-order chi connectivity index (χ1) is 15.9. The highest BCUT2D eigenvalue weighted by Gasteiger charge is 2.24. The van der Waals surface area contributed by atoms with Crippen LogP contribution in [0.5, 0.6) is 0 Å². The Kier molecular flexibility index (Phi) is 7.05. The lowest BCUT2D eigenvalue weighted by Gasteiger charge is -2.26. The number of sulfonamides is 1. The van der Waals surface area contributed by atoms with E-state index in [1.165, 1.54) is 36.4 Å². The van der Waals surface area contributed by atoms with Gasteiger partial charge in [-0.25, -0.2) is 12.8 Å². The summed E-state index contributed by atoms with van der Waals surface area (Å²) in [7, 11) is -3.78. The van der Waals surface area contributed by atoms with Gasteiger partial charge in [-0.2, -0.15) is 0 Å². The number of nitrogens with zero attached hydrogens (tertiary/aromatic N) is 1. The Morgan fingerprint density at radius 3 is 2.45 bits per heavy atom. The molecule has 1 unspecified atom stereocenters. The van der Waals surface area contributed by atoms with Gasteiger partial charge in [0.25, 0.3) is 15.9 Å². The van der Waals surface area contributed by atoms with E-state index in [4.69, 9.17) is 4.74 Å². The SMILES string of the molecule is O=C(c1ccc(S(=O)(=O)Nc2ccccc2)cc1)N(Cc1cccc(F)c1)CC1CCCO1. The van der Waals surface area contributed by atoms with E-state index >= 15 is 0 Å². The molecule has 1 N–H and O–H groups in total. The predicted octanol–water partition coefficient (Wildman–Crippen LogP) is 4.45. The lowest BCUT2D eigenvalue weighted by molar-refractivity contribution is 0.0507. The molecule has 0 aliphatic carbocycles. The summed E-state index contributed by atoms with van der Waals surface area (Å²) in [5.74, 6) is -0.632. The minimum Gasteiger partial charge on any atom is -0.376 e. The molecule has 0 spiro atoms. The molecular weight excluding hydrogens is 443 g/mol. The van der Waals surface area contributed by atoms with Gasteiger partial charge in [0.1, 0.15) is 5.82 Å². The van der Waals surface area contributed by atoms with Crippen molar-refractivity contribution in [3.05, 3.63) is 95.8 Å². The topological polar surface area (TPSA) is 75.7 Å². The smallest absolute Gasteiger partial charge is 0.261 e. The van der Waals surface area contributed by atoms with E-state index in [1.807, 2.05) is 0 Å². The second-order valence-electron chi connectivity index (χ2n) is 7.95. The number of hydrogen-bond donors (Lipinski definition) is 1. The number of rotatable bonds is 8. The average Bonchev–Trinajstić information content (AvgIpc) is 3.32. The summed E-state index contributed by atoms with van der Waals surface area (Å²) in [5.41, 5.74) is 1.48. The first-order valence-electron chi connectivity index (χ1n) is 10.7. The van der Waals surface area contributed by atoms with Gasteiger partial charge < -0.3 is 9.64 Å². The summed E-state index contributed by atoms with van der Waals surface area (Å²) in [6.45, 7) is 1.27. The molecule has 1 atom stereocenters. The standard InChI is InChI=1S/C25H25FN2O4S/c26-21-7-4-6-19(16-21)17-28(18-23-10-5-15-32-23)25(29)20-11-13-24(14-12-20)33(30,31)27-22-8-2-1-3-9-22/h1-4,6-9,11-14,16,23,27H,5,10,15,17-18H2. The Hall–Kier alpha value is -3.23. The van der Waals surface area contributed by atoms with Crippen LogP contribution in [0.15, 0.2) is 83.8 Å². The van der Waals surface area contributed by atoms with Gasteiger partial charge in [0.2, 0.25) is 0 Å². The van der Waals surface area contributed by atoms with Gasteiger partial charge in [0.05, 0.1) is 11.0 Å². The molecule has 33 heavy (non-hydrogen) atoms. The molecule has 1 aliphatic heterocycles. The number of halogens is 1. The molecule has 6 nitrogen and oxygen atoms in total. The number of carbonyl (C=O) groups excluding carboxylic acids is 1. The molecule has 0 aromatic heterocycles. The molecule has 3 aromatic rings. The van der Waals surface area contributed by atoms with Gasteiger partial charge in [-0.05, 0) is 66.9 Å². The fourth-order valence-corrected chi connectivity index (χ4v) is 4.85. The number of hydrogen-bond acceptors (Lipinski definition) is 4. The highest BCUT2D eigenvalue weighted by atomic mass is 32.2. The van der Waals surface area contributed by atoms with E-state index in [1.54, 1.807) is 47.4 Å². The predicted molar refractivity (Wildman–Crippen MR) is 124 cm³/mol. The van der Waals surface area contributed by atoms with Crippen molar-refractivity contribution in [3.8, 4) is 0 Å². The first-order valence-corrected chi connectivity index (χ1v) is 12.2. The number of amides is 1. The highest BCUT2D eigenvalue weighted by Crippen LogP contribution is 2.20. The molecule has 8 heteroatoms. The molecule has 1 aliphatic rings. The van der Waals surface area contributed by atoms with Crippen LogP contribution in [0, 0.1) is 5.82 Å². The summed E-state index contributed by atoms with van der Waals surface area (Å²) in [4.78, 5) is 15.0. The zero-order chi connectivity index (χ0) is 23.3. The lowest BCUT2D eigenvalue weighted by atomic mass is 10.1. The Morgan fingerprint density at radius 1 is 1.03 bits per heavy atom. The Balaban J connectivity index is 1.52. The second kappa shape index (κ2) is 10.1. The van der Waals surface area contributed by atoms with Crippen molar-refractivity contribution in [1.29, 1.82) is 0 Å². The van der Waals surface area contributed by atoms with Crippen LogP contribution in [0.3, 0.4) is 0 Å². The van der Waals surface area contributed by atoms with Gasteiger partial charge in [0.15, 0.2) is 0 Å². The van der Waals surface area contributed by atoms with Crippen LogP contribution in [-0.4, -0.2) is 38.5 Å². The Labute approximate surface area is 193 Å². The van der Waals surface area contributed by atoms with Crippen molar-refractivity contribution in [2.45, 2.75) is 30.4 Å². The fourth-order valence-electron chi connectivity index (χ4n) is 3.79. The normalized spacial score (nSPS) is 15.8. The third-order valence-corrected chi connectivity index (χ3v) is 6.83. The van der Waals surface area contributed by atoms with E-state index in [0.29, 0.717) is 30.0 Å². The second-order valence-corrected chi connectivity index (χ2v) is 9.63. The van der Waals surface area contributed by atoms with E-state index in [2.05, 4.69) is 4.72 Å². The van der Waals surface area contributed by atoms with E-state index in [-0.39, 0.29) is 29.3 Å². The number of anilines is 1. The molecule has 1 heterocycles. The van der Waals surface area contributed by atoms with Gasteiger partial charge >= 0.3 is 0 Å². The number of para-hydroxylation sites is 1. The Morgan fingerprint density at radius 2 is 1.79 bits per heavy atom. The highest BCUT2D eigenvalue weighted by molar-refractivity contribution is 7.92. The van der Waals surface area contributed by atoms with E-state index < -0.39 is 10.0 Å². The monoisotopic (exact) mass is 468 g/mol. The van der Waals surface area contributed by atoms with Crippen LogP contribution in [-0.2, 0) is 21.3 Å². The summed E-state index contributed by atoms with van der Waals surface area (Å²) >= 11 is 0. The maximum atomic E-state index is 13.7. The third kappa shape index (κ3) is 5.97. The zero-order valence-electron chi connectivity index (χ0n) is 18.0. The van der Waals surface area contributed by atoms with Gasteiger partial charge in [-0.1, -0.05) is 30.3 Å². The number of nitrogens with one attached hydrogen (secondary N) is 1. The molecule has 1 saturated heterocycles. The fraction of sp³-hybridized carbons (Fsp3) is 0.240. The quantitative estimate of drug-likeness (QED) is 0.530. The molecule has 4 rings (SSSR count). The number of ether oxygens (including phenoxy) is 1. The van der Waals surface area contributed by atoms with Crippen LogP contribution >= 0.6 is 0 Å². The maximum Gasteiger partial charge on any atom is 0.261 e. The van der Waals surface area contributed by atoms with Crippen LogP contribution in [0.2, 0.25) is 0 Å². The minimum atomic E-state index is -3.78. The third-order valence-electron chi connectivity index (χ3n) is 5.44. The van der Waals surface area contributed by atoms with Crippen molar-refractivity contribution in [1.82, 2.24) is 4.90 Å². The summed E-state index contributed by atoms with van der Waals surface area (Å²) in [5, 5.41) is 0. The van der Waals surface area contributed by atoms with Crippen LogP contribution in [0.25, 0.3) is 0 Å². The average molecular weight is 469 g/mol. The van der Waals surface area contributed by atoms with Crippen LogP contribution in [0.4, 0.5) is 10.1 Å². The van der Waals surface area contributed by atoms with Gasteiger partial charge in [-0.3, -0.25) is 9.52 Å². The molecule has 0 saturated carbocycles. The van der Waals surface area contributed by atoms with Crippen molar-refractivity contribution < 1.29 is 22.3 Å². The molecule has 1 amide bonds. The van der Waals surface area contributed by atoms with E-state index in [0.717, 1.165) is 12.8 Å². The lowest BCUT2D eigenvalue weighted by Crippen LogP contribution is -2.37. The van der Waals surface area contributed by atoms with Crippen molar-refractivity contribution in [3.63, 3.8) is 0 Å².